The summed E-state index contributed by atoms with van der Waals surface area (Å²) in [5, 5.41) is 18.9. The number of nitrogens with zero attached hydrogens (tertiary/aromatic N) is 1. The molecule has 96 valence electrons. The van der Waals surface area contributed by atoms with Crippen LogP contribution < -0.4 is 0 Å². The molecule has 0 saturated heterocycles. The number of hydrogen-bond donors (Lipinski definition) is 2. The van der Waals surface area contributed by atoms with E-state index in [0.29, 0.717) is 16.7 Å². The predicted molar refractivity (Wildman–Crippen MR) is 50.1 cm³/mol. The molecule has 0 saturated carbocycles. The highest BCUT2D eigenvalue weighted by molar-refractivity contribution is 7.09. The number of methoxy groups -OCH3 is 1. The second-order valence-corrected chi connectivity index (χ2v) is 3.87. The Morgan fingerprint density at radius 3 is 2.53 bits per heavy atom. The van der Waals surface area contributed by atoms with E-state index in [-0.39, 0.29) is 0 Å². The van der Waals surface area contributed by atoms with Crippen LogP contribution in [0.4, 0.5) is 13.2 Å². The second kappa shape index (κ2) is 4.98. The molecule has 1 heterocycles. The molecule has 1 rings (SSSR count). The highest BCUT2D eigenvalue weighted by Crippen LogP contribution is 2.32. The molecule has 17 heavy (non-hydrogen) atoms. The fourth-order valence-corrected chi connectivity index (χ4v) is 1.78. The van der Waals surface area contributed by atoms with Crippen LogP contribution in [0.5, 0.6) is 0 Å². The fraction of sp³-hybridized carbons (Fsp3) is 0.500. The molecular weight excluding hydrogens is 263 g/mol. The molecule has 5 nitrogen and oxygen atoms in total. The van der Waals surface area contributed by atoms with Gasteiger partial charge in [0, 0.05) is 5.38 Å². The van der Waals surface area contributed by atoms with E-state index in [2.05, 4.69) is 9.72 Å². The second-order valence-electron chi connectivity index (χ2n) is 2.98. The van der Waals surface area contributed by atoms with Gasteiger partial charge in [0.1, 0.15) is 11.1 Å². The van der Waals surface area contributed by atoms with Crippen molar-refractivity contribution in [2.75, 3.05) is 7.11 Å². The van der Waals surface area contributed by atoms with Crippen LogP contribution in [0, 0.1) is 0 Å². The first kappa shape index (κ1) is 13.9. The third-order valence-electron chi connectivity index (χ3n) is 1.81. The molecule has 2 atom stereocenters. The van der Waals surface area contributed by atoms with Gasteiger partial charge in [0.15, 0.2) is 11.8 Å². The number of alkyl halides is 3. The Kier molecular flexibility index (Phi) is 4.07. The van der Waals surface area contributed by atoms with Gasteiger partial charge in [-0.25, -0.2) is 9.78 Å². The Labute approximate surface area is 97.5 Å². The van der Waals surface area contributed by atoms with E-state index >= 15 is 0 Å². The maximum absolute atomic E-state index is 12.2. The van der Waals surface area contributed by atoms with Crippen LogP contribution in [-0.2, 0) is 15.7 Å². The van der Waals surface area contributed by atoms with Crippen LogP contribution in [0.15, 0.2) is 5.38 Å². The van der Waals surface area contributed by atoms with Crippen LogP contribution in [0.25, 0.3) is 0 Å². The number of aliphatic hydroxyl groups excluding tert-OH is 2. The summed E-state index contributed by atoms with van der Waals surface area (Å²) in [5.41, 5.74) is -1.19. The first-order valence-corrected chi connectivity index (χ1v) is 5.12. The van der Waals surface area contributed by atoms with Crippen molar-refractivity contribution in [3.8, 4) is 0 Å². The quantitative estimate of drug-likeness (QED) is 0.792. The molecule has 1 aromatic rings. The lowest BCUT2D eigenvalue weighted by Crippen LogP contribution is -2.29. The molecule has 2 unspecified atom stereocenters. The Morgan fingerprint density at radius 1 is 1.53 bits per heavy atom. The van der Waals surface area contributed by atoms with Gasteiger partial charge in [-0.1, -0.05) is 0 Å². The van der Waals surface area contributed by atoms with Crippen LogP contribution in [0.1, 0.15) is 16.8 Å². The molecule has 0 fully saturated rings. The molecule has 0 aliphatic heterocycles. The zero-order valence-electron chi connectivity index (χ0n) is 8.43. The largest absolute Gasteiger partial charge is 0.467 e. The smallest absolute Gasteiger partial charge is 0.434 e. The third kappa shape index (κ3) is 3.14. The molecule has 2 N–H and O–H groups in total. The molecule has 0 spiro atoms. The first-order valence-electron chi connectivity index (χ1n) is 4.24. The molecular formula is C8H8F3NO4S. The molecule has 9 heteroatoms. The number of ether oxygens (including phenoxy) is 1. The van der Waals surface area contributed by atoms with Gasteiger partial charge in [-0.3, -0.25) is 0 Å². The summed E-state index contributed by atoms with van der Waals surface area (Å²) in [7, 11) is 0.973. The lowest BCUT2D eigenvalue weighted by molar-refractivity contribution is -0.156. The zero-order chi connectivity index (χ0) is 13.2. The minimum Gasteiger partial charge on any atom is -0.467 e. The molecule has 0 aliphatic rings. The topological polar surface area (TPSA) is 79.7 Å². The maximum Gasteiger partial charge on any atom is 0.434 e. The fourth-order valence-electron chi connectivity index (χ4n) is 0.938. The minimum absolute atomic E-state index is 0.407. The van der Waals surface area contributed by atoms with Crippen LogP contribution >= 0.6 is 11.3 Å². The van der Waals surface area contributed by atoms with E-state index in [4.69, 9.17) is 0 Å². The SMILES string of the molecule is COC(=O)C(O)C(O)c1nc(C(F)(F)F)cs1. The normalized spacial score (nSPS) is 15.4. The van der Waals surface area contributed by atoms with Crippen LogP contribution in [0.3, 0.4) is 0 Å². The van der Waals surface area contributed by atoms with Crippen molar-refractivity contribution in [2.24, 2.45) is 0 Å². The predicted octanol–water partition coefficient (Wildman–Crippen LogP) is 0.729. The number of carbonyl (C=O) groups is 1. The number of carbonyl (C=O) groups excluding carboxylic acids is 1. The Hall–Kier alpha value is -1.19. The van der Waals surface area contributed by atoms with Crippen molar-refractivity contribution in [3.63, 3.8) is 0 Å². The van der Waals surface area contributed by atoms with Crippen molar-refractivity contribution >= 4 is 17.3 Å². The van der Waals surface area contributed by atoms with Gasteiger partial charge in [0.2, 0.25) is 0 Å². The highest BCUT2D eigenvalue weighted by atomic mass is 32.1. The number of rotatable bonds is 3. The van der Waals surface area contributed by atoms with Gasteiger partial charge in [0.05, 0.1) is 7.11 Å². The summed E-state index contributed by atoms with van der Waals surface area (Å²) in [6, 6.07) is 0. The summed E-state index contributed by atoms with van der Waals surface area (Å²) >= 11 is 0.492. The van der Waals surface area contributed by atoms with Crippen molar-refractivity contribution in [3.05, 3.63) is 16.1 Å². The van der Waals surface area contributed by atoms with Crippen molar-refractivity contribution in [2.45, 2.75) is 18.4 Å². The minimum atomic E-state index is -4.63. The van der Waals surface area contributed by atoms with Crippen LogP contribution in [0.2, 0.25) is 0 Å². The summed E-state index contributed by atoms with van der Waals surface area (Å²) in [4.78, 5) is 13.9. The van der Waals surface area contributed by atoms with Gasteiger partial charge in [-0.15, -0.1) is 11.3 Å². The third-order valence-corrected chi connectivity index (χ3v) is 2.72. The van der Waals surface area contributed by atoms with E-state index in [9.17, 15) is 28.2 Å². The summed E-state index contributed by atoms with van der Waals surface area (Å²) < 4.78 is 40.7. The average Bonchev–Trinajstić information content (AvgIpc) is 2.74. The van der Waals surface area contributed by atoms with Crippen LogP contribution in [-0.4, -0.2) is 34.4 Å². The first-order chi connectivity index (χ1) is 7.77. The number of aromatic nitrogens is 1. The summed E-state index contributed by atoms with van der Waals surface area (Å²) in [5.74, 6) is -1.15. The highest BCUT2D eigenvalue weighted by Gasteiger charge is 2.36. The van der Waals surface area contributed by atoms with Gasteiger partial charge in [0.25, 0.3) is 0 Å². The number of halogens is 3. The number of hydrogen-bond acceptors (Lipinski definition) is 6. The number of thiazole rings is 1. The molecule has 0 aromatic carbocycles. The Bertz CT molecular complexity index is 406. The molecule has 0 aliphatic carbocycles. The summed E-state index contributed by atoms with van der Waals surface area (Å²) in [6.07, 6.45) is -8.44. The molecule has 1 aromatic heterocycles. The standard InChI is InChI=1S/C8H8F3NO4S/c1-16-7(15)5(14)4(13)6-12-3(2-17-6)8(9,10)11/h2,4-5,13-14H,1H3. The maximum atomic E-state index is 12.2. The Morgan fingerprint density at radius 2 is 2.12 bits per heavy atom. The monoisotopic (exact) mass is 271 g/mol. The van der Waals surface area contributed by atoms with Gasteiger partial charge >= 0.3 is 12.1 Å². The lowest BCUT2D eigenvalue weighted by atomic mass is 10.2. The molecule has 0 amide bonds. The lowest BCUT2D eigenvalue weighted by Gasteiger charge is -2.12. The van der Waals surface area contributed by atoms with E-state index in [0.717, 1.165) is 7.11 Å². The van der Waals surface area contributed by atoms with Crippen molar-refractivity contribution in [1.29, 1.82) is 0 Å². The van der Waals surface area contributed by atoms with Gasteiger partial charge < -0.3 is 14.9 Å². The molecule has 0 radical (unpaired) electrons. The molecule has 0 bridgehead atoms. The van der Waals surface area contributed by atoms with E-state index in [1.54, 1.807) is 0 Å². The van der Waals surface area contributed by atoms with Gasteiger partial charge in [-0.2, -0.15) is 13.2 Å². The van der Waals surface area contributed by atoms with Gasteiger partial charge in [-0.05, 0) is 0 Å². The zero-order valence-corrected chi connectivity index (χ0v) is 9.25. The number of aliphatic hydroxyl groups is 2. The summed E-state index contributed by atoms with van der Waals surface area (Å²) in [6.45, 7) is 0. The van der Waals surface area contributed by atoms with E-state index in [1.165, 1.54) is 0 Å². The Balaban J connectivity index is 2.87. The van der Waals surface area contributed by atoms with E-state index in [1.807, 2.05) is 0 Å². The van der Waals surface area contributed by atoms with Crippen molar-refractivity contribution < 1.29 is 32.9 Å². The van der Waals surface area contributed by atoms with Crippen molar-refractivity contribution in [1.82, 2.24) is 4.98 Å². The number of esters is 1. The average molecular weight is 271 g/mol. The van der Waals surface area contributed by atoms with E-state index < -0.39 is 35.1 Å².